The van der Waals surface area contributed by atoms with Gasteiger partial charge in [0.15, 0.2) is 0 Å². The molecule has 1 saturated carbocycles. The normalized spacial score (nSPS) is 18.4. The summed E-state index contributed by atoms with van der Waals surface area (Å²) in [6, 6.07) is 4.23. The first-order chi connectivity index (χ1) is 10.2. The molecule has 1 aromatic carbocycles. The van der Waals surface area contributed by atoms with Crippen LogP contribution in [0.15, 0.2) is 18.2 Å². The number of benzene rings is 1. The first kappa shape index (κ1) is 16.4. The monoisotopic (exact) mass is 295 g/mol. The number of rotatable bonds is 6. The molecule has 0 aliphatic heterocycles. The van der Waals surface area contributed by atoms with Gasteiger partial charge in [-0.2, -0.15) is 0 Å². The molecular formula is C18H27F2N. The molecule has 0 heterocycles. The fraction of sp³-hybridized carbons (Fsp3) is 0.667. The lowest BCUT2D eigenvalue weighted by Gasteiger charge is -2.27. The Kier molecular flexibility index (Phi) is 6.62. The summed E-state index contributed by atoms with van der Waals surface area (Å²) in [6.07, 6.45) is 9.49. The van der Waals surface area contributed by atoms with Gasteiger partial charge in [0, 0.05) is 12.1 Å². The van der Waals surface area contributed by atoms with E-state index in [1.54, 1.807) is 0 Å². The van der Waals surface area contributed by atoms with Crippen molar-refractivity contribution in [3.63, 3.8) is 0 Å². The highest BCUT2D eigenvalue weighted by Gasteiger charge is 2.22. The first-order valence-corrected chi connectivity index (χ1v) is 8.37. The van der Waals surface area contributed by atoms with E-state index < -0.39 is 11.6 Å². The highest BCUT2D eigenvalue weighted by molar-refractivity contribution is 5.19. The SMILES string of the molecule is CCCNC(Cc1cc(F)cc(F)c1)C1CCCCCC1. The smallest absolute Gasteiger partial charge is 0.126 e. The molecule has 0 bridgehead atoms. The van der Waals surface area contributed by atoms with Gasteiger partial charge in [-0.25, -0.2) is 8.78 Å². The lowest BCUT2D eigenvalue weighted by Crippen LogP contribution is -2.38. The molecule has 0 spiro atoms. The van der Waals surface area contributed by atoms with E-state index in [1.807, 2.05) is 0 Å². The van der Waals surface area contributed by atoms with Gasteiger partial charge in [-0.1, -0.05) is 32.6 Å². The van der Waals surface area contributed by atoms with Crippen LogP contribution in [0.4, 0.5) is 8.78 Å². The molecule has 0 radical (unpaired) electrons. The van der Waals surface area contributed by atoms with Crippen molar-refractivity contribution in [3.05, 3.63) is 35.4 Å². The van der Waals surface area contributed by atoms with Crippen LogP contribution in [0.2, 0.25) is 0 Å². The van der Waals surface area contributed by atoms with Crippen molar-refractivity contribution in [2.45, 2.75) is 64.3 Å². The van der Waals surface area contributed by atoms with Gasteiger partial charge >= 0.3 is 0 Å². The van der Waals surface area contributed by atoms with Gasteiger partial charge < -0.3 is 5.32 Å². The van der Waals surface area contributed by atoms with Crippen LogP contribution in [0.1, 0.15) is 57.4 Å². The minimum absolute atomic E-state index is 0.337. The van der Waals surface area contributed by atoms with Gasteiger partial charge in [-0.05, 0) is 55.8 Å². The molecule has 1 aliphatic rings. The van der Waals surface area contributed by atoms with Crippen molar-refractivity contribution in [1.29, 1.82) is 0 Å². The Morgan fingerprint density at radius 2 is 1.67 bits per heavy atom. The Labute approximate surface area is 127 Å². The van der Waals surface area contributed by atoms with Crippen molar-refractivity contribution in [1.82, 2.24) is 5.32 Å². The summed E-state index contributed by atoms with van der Waals surface area (Å²) < 4.78 is 26.8. The predicted molar refractivity (Wildman–Crippen MR) is 83.3 cm³/mol. The zero-order chi connectivity index (χ0) is 15.1. The van der Waals surface area contributed by atoms with E-state index in [2.05, 4.69) is 12.2 Å². The van der Waals surface area contributed by atoms with Gasteiger partial charge in [0.1, 0.15) is 11.6 Å². The molecule has 118 valence electrons. The van der Waals surface area contributed by atoms with Gasteiger partial charge in [-0.15, -0.1) is 0 Å². The first-order valence-electron chi connectivity index (χ1n) is 8.37. The van der Waals surface area contributed by atoms with Crippen molar-refractivity contribution in [3.8, 4) is 0 Å². The molecule has 1 N–H and O–H groups in total. The van der Waals surface area contributed by atoms with E-state index in [9.17, 15) is 8.78 Å². The minimum Gasteiger partial charge on any atom is -0.313 e. The Morgan fingerprint density at radius 1 is 1.05 bits per heavy atom. The standard InChI is InChI=1S/C18H27F2N/c1-2-9-21-18(15-7-5-3-4-6-8-15)12-14-10-16(19)13-17(20)11-14/h10-11,13,15,18,21H,2-9,12H2,1H3. The molecule has 0 saturated heterocycles. The average Bonchev–Trinajstić information content (AvgIpc) is 2.71. The molecular weight excluding hydrogens is 268 g/mol. The largest absolute Gasteiger partial charge is 0.313 e. The maximum atomic E-state index is 13.4. The number of hydrogen-bond acceptors (Lipinski definition) is 1. The fourth-order valence-corrected chi connectivity index (χ4v) is 3.43. The van der Waals surface area contributed by atoms with E-state index in [0.717, 1.165) is 31.0 Å². The Bertz CT molecular complexity index is 405. The van der Waals surface area contributed by atoms with Gasteiger partial charge in [-0.3, -0.25) is 0 Å². The van der Waals surface area contributed by atoms with Gasteiger partial charge in [0.25, 0.3) is 0 Å². The van der Waals surface area contributed by atoms with E-state index in [1.165, 1.54) is 50.7 Å². The van der Waals surface area contributed by atoms with Gasteiger partial charge in [0.05, 0.1) is 0 Å². The molecule has 3 heteroatoms. The summed E-state index contributed by atoms with van der Waals surface area (Å²) >= 11 is 0. The molecule has 1 atom stereocenters. The summed E-state index contributed by atoms with van der Waals surface area (Å²) in [4.78, 5) is 0. The van der Waals surface area contributed by atoms with E-state index >= 15 is 0 Å². The second-order valence-electron chi connectivity index (χ2n) is 6.29. The molecule has 0 aromatic heterocycles. The predicted octanol–water partition coefficient (Wildman–Crippen LogP) is 4.85. The van der Waals surface area contributed by atoms with E-state index in [4.69, 9.17) is 0 Å². The summed E-state index contributed by atoms with van der Waals surface area (Å²) in [5.74, 6) is -0.314. The summed E-state index contributed by atoms with van der Waals surface area (Å²) in [5, 5.41) is 3.61. The van der Waals surface area contributed by atoms with Crippen molar-refractivity contribution >= 4 is 0 Å². The lowest BCUT2D eigenvalue weighted by molar-refractivity contribution is 0.317. The summed E-state index contributed by atoms with van der Waals surface area (Å²) in [7, 11) is 0. The van der Waals surface area contributed by atoms with Crippen LogP contribution in [0, 0.1) is 17.6 Å². The molecule has 1 fully saturated rings. The third-order valence-electron chi connectivity index (χ3n) is 4.50. The van der Waals surface area contributed by atoms with Crippen LogP contribution < -0.4 is 5.32 Å². The Hall–Kier alpha value is -0.960. The van der Waals surface area contributed by atoms with Crippen LogP contribution in [0.5, 0.6) is 0 Å². The molecule has 21 heavy (non-hydrogen) atoms. The molecule has 1 unspecified atom stereocenters. The fourth-order valence-electron chi connectivity index (χ4n) is 3.43. The molecule has 0 amide bonds. The summed E-state index contributed by atoms with van der Waals surface area (Å²) in [5.41, 5.74) is 0.769. The van der Waals surface area contributed by atoms with Crippen molar-refractivity contribution in [2.75, 3.05) is 6.54 Å². The van der Waals surface area contributed by atoms with Crippen molar-refractivity contribution < 1.29 is 8.78 Å². The summed E-state index contributed by atoms with van der Waals surface area (Å²) in [6.45, 7) is 3.12. The van der Waals surface area contributed by atoms with E-state index in [0.29, 0.717) is 12.0 Å². The molecule has 2 rings (SSSR count). The maximum absolute atomic E-state index is 13.4. The molecule has 1 aromatic rings. The van der Waals surface area contributed by atoms with Crippen molar-refractivity contribution in [2.24, 2.45) is 5.92 Å². The highest BCUT2D eigenvalue weighted by atomic mass is 19.1. The number of hydrogen-bond donors (Lipinski definition) is 1. The van der Waals surface area contributed by atoms with Crippen LogP contribution in [0.25, 0.3) is 0 Å². The van der Waals surface area contributed by atoms with Crippen LogP contribution in [-0.2, 0) is 6.42 Å². The average molecular weight is 295 g/mol. The molecule has 1 nitrogen and oxygen atoms in total. The highest BCUT2D eigenvalue weighted by Crippen LogP contribution is 2.27. The second-order valence-corrected chi connectivity index (χ2v) is 6.29. The quantitative estimate of drug-likeness (QED) is 0.740. The molecule has 1 aliphatic carbocycles. The zero-order valence-corrected chi connectivity index (χ0v) is 13.0. The Morgan fingerprint density at radius 3 is 2.24 bits per heavy atom. The third-order valence-corrected chi connectivity index (χ3v) is 4.50. The number of halogens is 2. The van der Waals surface area contributed by atoms with Crippen LogP contribution in [-0.4, -0.2) is 12.6 Å². The number of nitrogens with one attached hydrogen (secondary N) is 1. The lowest BCUT2D eigenvalue weighted by atomic mass is 9.87. The third kappa shape index (κ3) is 5.39. The van der Waals surface area contributed by atoms with E-state index in [-0.39, 0.29) is 0 Å². The second kappa shape index (κ2) is 8.47. The van der Waals surface area contributed by atoms with Gasteiger partial charge in [0.2, 0.25) is 0 Å². The van der Waals surface area contributed by atoms with Crippen LogP contribution in [0.3, 0.4) is 0 Å². The minimum atomic E-state index is -0.472. The van der Waals surface area contributed by atoms with Crippen LogP contribution >= 0.6 is 0 Å². The maximum Gasteiger partial charge on any atom is 0.126 e. The topological polar surface area (TPSA) is 12.0 Å². The Balaban J connectivity index is 2.06. The zero-order valence-electron chi connectivity index (χ0n) is 13.0.